The molecule has 2 atom stereocenters. The lowest BCUT2D eigenvalue weighted by Gasteiger charge is -2.39. The van der Waals surface area contributed by atoms with Gasteiger partial charge in [0.1, 0.15) is 17.4 Å². The Labute approximate surface area is 225 Å². The van der Waals surface area contributed by atoms with E-state index in [1.807, 2.05) is 54.9 Å². The van der Waals surface area contributed by atoms with Crippen molar-refractivity contribution in [1.29, 1.82) is 5.26 Å². The molecule has 3 heterocycles. The summed E-state index contributed by atoms with van der Waals surface area (Å²) in [4.78, 5) is 7.53. The summed E-state index contributed by atoms with van der Waals surface area (Å²) in [6, 6.07) is 27.4. The molecular weight excluding hydrogens is 468 g/mol. The van der Waals surface area contributed by atoms with Gasteiger partial charge in [0.15, 0.2) is 5.82 Å². The first-order valence-electron chi connectivity index (χ1n) is 13.5. The number of rotatable bonds is 6. The van der Waals surface area contributed by atoms with Gasteiger partial charge in [0.2, 0.25) is 0 Å². The smallest absolute Gasteiger partial charge is 0.153 e. The van der Waals surface area contributed by atoms with E-state index in [9.17, 15) is 5.26 Å². The minimum atomic E-state index is 0.303. The first-order chi connectivity index (χ1) is 18.4. The van der Waals surface area contributed by atoms with Crippen molar-refractivity contribution in [3.8, 4) is 28.5 Å². The molecule has 192 valence electrons. The number of nitrogens with zero attached hydrogens (tertiary/aromatic N) is 4. The van der Waals surface area contributed by atoms with Gasteiger partial charge in [-0.3, -0.25) is 0 Å². The van der Waals surface area contributed by atoms with Crippen LogP contribution in [-0.2, 0) is 6.54 Å². The van der Waals surface area contributed by atoms with Gasteiger partial charge >= 0.3 is 0 Å². The SMILES string of the molecule is CC1(C)CC2CC(C)(CN2C=Nc2c(C#N)c(-c3ccccc3)c(-c3ccccc3)n2Cc2ccco2)C1. The van der Waals surface area contributed by atoms with Gasteiger partial charge < -0.3 is 13.9 Å². The second-order valence-corrected chi connectivity index (χ2v) is 12.1. The van der Waals surface area contributed by atoms with Crippen molar-refractivity contribution in [1.82, 2.24) is 9.47 Å². The summed E-state index contributed by atoms with van der Waals surface area (Å²) in [6.45, 7) is 8.68. The molecule has 38 heavy (non-hydrogen) atoms. The molecule has 2 aliphatic rings. The zero-order chi connectivity index (χ0) is 26.3. The van der Waals surface area contributed by atoms with Gasteiger partial charge in [-0.15, -0.1) is 0 Å². The van der Waals surface area contributed by atoms with Crippen molar-refractivity contribution < 1.29 is 4.42 Å². The van der Waals surface area contributed by atoms with E-state index in [1.165, 1.54) is 12.8 Å². The predicted molar refractivity (Wildman–Crippen MR) is 152 cm³/mol. The van der Waals surface area contributed by atoms with Crippen molar-refractivity contribution in [2.45, 2.75) is 52.6 Å². The number of likely N-dealkylation sites (tertiary alicyclic amines) is 1. The lowest BCUT2D eigenvalue weighted by atomic mass is 9.65. The zero-order valence-corrected chi connectivity index (χ0v) is 22.4. The van der Waals surface area contributed by atoms with Crippen LogP contribution in [0.25, 0.3) is 22.4 Å². The average Bonchev–Trinajstić information content (AvgIpc) is 3.58. The molecule has 1 saturated carbocycles. The Hall–Kier alpha value is -4.04. The number of benzene rings is 2. The summed E-state index contributed by atoms with van der Waals surface area (Å²) in [7, 11) is 0. The van der Waals surface area contributed by atoms with Crippen LogP contribution in [0, 0.1) is 22.2 Å². The zero-order valence-electron chi connectivity index (χ0n) is 22.4. The van der Waals surface area contributed by atoms with E-state index >= 15 is 0 Å². The maximum atomic E-state index is 10.5. The fourth-order valence-corrected chi connectivity index (χ4v) is 7.11. The van der Waals surface area contributed by atoms with E-state index in [1.54, 1.807) is 6.26 Å². The molecule has 0 spiro atoms. The molecular formula is C33H34N4O. The molecule has 5 nitrogen and oxygen atoms in total. The van der Waals surface area contributed by atoms with Crippen LogP contribution >= 0.6 is 0 Å². The van der Waals surface area contributed by atoms with Crippen molar-refractivity contribution in [2.75, 3.05) is 6.54 Å². The van der Waals surface area contributed by atoms with E-state index in [0.29, 0.717) is 34.8 Å². The standard InChI is InChI=1S/C33H34N4O/c1-32(2)17-26-18-33(3,21-32)22-36(26)23-35-31-28(19-34)29(24-11-6-4-7-12-24)30(25-13-8-5-9-14-25)37(31)20-27-15-10-16-38-27/h4-16,23,26H,17-18,20-22H2,1-3H3. The van der Waals surface area contributed by atoms with Crippen LogP contribution in [0.15, 0.2) is 88.5 Å². The Kier molecular flexibility index (Phi) is 5.99. The van der Waals surface area contributed by atoms with Crippen LogP contribution in [0.5, 0.6) is 0 Å². The highest BCUT2D eigenvalue weighted by Crippen LogP contribution is 2.52. The quantitative estimate of drug-likeness (QED) is 0.199. The van der Waals surface area contributed by atoms with E-state index in [0.717, 1.165) is 41.1 Å². The molecule has 2 bridgehead atoms. The largest absolute Gasteiger partial charge is 0.467 e. The van der Waals surface area contributed by atoms with Crippen LogP contribution < -0.4 is 0 Å². The van der Waals surface area contributed by atoms with Crippen LogP contribution in [0.4, 0.5) is 5.82 Å². The molecule has 1 aliphatic carbocycles. The number of furan rings is 1. The maximum absolute atomic E-state index is 10.5. The van der Waals surface area contributed by atoms with Crippen molar-refractivity contribution in [2.24, 2.45) is 15.8 Å². The normalized spacial score (nSPS) is 22.2. The second-order valence-electron chi connectivity index (χ2n) is 12.1. The molecule has 4 aromatic rings. The first kappa shape index (κ1) is 24.3. The molecule has 5 heteroatoms. The molecule has 2 aromatic carbocycles. The summed E-state index contributed by atoms with van der Waals surface area (Å²) in [6.07, 6.45) is 7.30. The Balaban J connectivity index is 1.53. The van der Waals surface area contributed by atoms with Gasteiger partial charge in [-0.25, -0.2) is 4.99 Å². The van der Waals surface area contributed by atoms with E-state index in [4.69, 9.17) is 9.41 Å². The number of aliphatic imine (C=N–C) groups is 1. The van der Waals surface area contributed by atoms with Gasteiger partial charge in [-0.1, -0.05) is 81.4 Å². The van der Waals surface area contributed by atoms with Crippen LogP contribution in [0.3, 0.4) is 0 Å². The summed E-state index contributed by atoms with van der Waals surface area (Å²) in [5.74, 6) is 1.50. The lowest BCUT2D eigenvalue weighted by Crippen LogP contribution is -2.34. The molecule has 6 rings (SSSR count). The van der Waals surface area contributed by atoms with Crippen LogP contribution in [0.2, 0.25) is 0 Å². The van der Waals surface area contributed by atoms with Crippen LogP contribution in [0.1, 0.15) is 51.4 Å². The predicted octanol–water partition coefficient (Wildman–Crippen LogP) is 7.90. The first-order valence-corrected chi connectivity index (χ1v) is 13.5. The third-order valence-corrected chi connectivity index (χ3v) is 8.14. The number of hydrogen-bond donors (Lipinski definition) is 0. The molecule has 0 radical (unpaired) electrons. The second kappa shape index (κ2) is 9.36. The minimum Gasteiger partial charge on any atom is -0.467 e. The van der Waals surface area contributed by atoms with Gasteiger partial charge in [-0.05, 0) is 53.4 Å². The molecule has 2 unspecified atom stereocenters. The third-order valence-electron chi connectivity index (χ3n) is 8.14. The Bertz CT molecular complexity index is 1490. The summed E-state index contributed by atoms with van der Waals surface area (Å²) >= 11 is 0. The molecule has 2 aromatic heterocycles. The number of fused-ring (bicyclic) bond motifs is 2. The topological polar surface area (TPSA) is 57.5 Å². The number of aromatic nitrogens is 1. The number of hydrogen-bond acceptors (Lipinski definition) is 3. The van der Waals surface area contributed by atoms with Crippen molar-refractivity contribution in [3.05, 3.63) is 90.4 Å². The minimum absolute atomic E-state index is 0.303. The van der Waals surface area contributed by atoms with E-state index < -0.39 is 0 Å². The van der Waals surface area contributed by atoms with Gasteiger partial charge in [0.05, 0.1) is 24.8 Å². The fraction of sp³-hybridized carbons (Fsp3) is 0.333. The van der Waals surface area contributed by atoms with Crippen molar-refractivity contribution >= 4 is 12.2 Å². The van der Waals surface area contributed by atoms with Gasteiger partial charge in [0.25, 0.3) is 0 Å². The third kappa shape index (κ3) is 4.45. The fourth-order valence-electron chi connectivity index (χ4n) is 7.11. The van der Waals surface area contributed by atoms with Crippen LogP contribution in [-0.4, -0.2) is 28.4 Å². The Morgan fingerprint density at radius 1 is 0.974 bits per heavy atom. The summed E-state index contributed by atoms with van der Waals surface area (Å²) in [5, 5.41) is 10.5. The monoisotopic (exact) mass is 502 g/mol. The summed E-state index contributed by atoms with van der Waals surface area (Å²) < 4.78 is 7.93. The Morgan fingerprint density at radius 2 is 1.68 bits per heavy atom. The molecule has 1 saturated heterocycles. The molecule has 1 aliphatic heterocycles. The average molecular weight is 503 g/mol. The summed E-state index contributed by atoms with van der Waals surface area (Å²) in [5.41, 5.74) is 5.16. The maximum Gasteiger partial charge on any atom is 0.153 e. The van der Waals surface area contributed by atoms with E-state index in [2.05, 4.69) is 60.6 Å². The highest BCUT2D eigenvalue weighted by molar-refractivity contribution is 5.91. The number of nitriles is 1. The van der Waals surface area contributed by atoms with Gasteiger partial charge in [-0.2, -0.15) is 5.26 Å². The highest BCUT2D eigenvalue weighted by Gasteiger charge is 2.49. The highest BCUT2D eigenvalue weighted by atomic mass is 16.3. The van der Waals surface area contributed by atoms with Gasteiger partial charge in [0, 0.05) is 18.2 Å². The Morgan fingerprint density at radius 3 is 2.34 bits per heavy atom. The lowest BCUT2D eigenvalue weighted by molar-refractivity contribution is 0.133. The van der Waals surface area contributed by atoms with Crippen molar-refractivity contribution in [3.63, 3.8) is 0 Å². The molecule has 2 fully saturated rings. The van der Waals surface area contributed by atoms with E-state index in [-0.39, 0.29) is 0 Å². The molecule has 0 amide bonds. The molecule has 0 N–H and O–H groups in total.